The fourth-order valence-corrected chi connectivity index (χ4v) is 2.82. The third kappa shape index (κ3) is 2.67. The first-order valence-electron chi connectivity index (χ1n) is 7.58. The molecule has 110 valence electrons. The van der Waals surface area contributed by atoms with Crippen LogP contribution in [0.4, 0.5) is 5.69 Å². The molecule has 0 aliphatic carbocycles. The topological polar surface area (TPSA) is 29.1 Å². The van der Waals surface area contributed by atoms with Gasteiger partial charge in [-0.15, -0.1) is 0 Å². The molecule has 0 aliphatic rings. The maximum atomic E-state index is 12.4. The Bertz CT molecular complexity index is 953. The normalized spacial score (nSPS) is 10.8. The maximum Gasteiger partial charge on any atom is 0.255 e. The highest BCUT2D eigenvalue weighted by Crippen LogP contribution is 2.25. The molecular weight excluding hydrogens is 282 g/mol. The number of carbonyl (C=O) groups is 1. The zero-order chi connectivity index (χ0) is 15.6. The lowest BCUT2D eigenvalue weighted by molar-refractivity contribution is 0.102. The summed E-state index contributed by atoms with van der Waals surface area (Å²) in [6, 6.07) is 27.9. The standard InChI is InChI=1S/C21H15NO/c23-21(22-20-9-5-2-6-10-20)19-13-17-11-15-7-3-1-4-8-16(15)12-18(17)14-19/h1-14H,(H,22,23). The monoisotopic (exact) mass is 297 g/mol. The van der Waals surface area contributed by atoms with Crippen LogP contribution in [-0.2, 0) is 0 Å². The number of hydrogen-bond acceptors (Lipinski definition) is 1. The van der Waals surface area contributed by atoms with Gasteiger partial charge in [0.05, 0.1) is 0 Å². The largest absolute Gasteiger partial charge is 0.322 e. The number of nitrogens with one attached hydrogen (secondary N) is 1. The highest BCUT2D eigenvalue weighted by Gasteiger charge is 2.09. The number of carbonyl (C=O) groups excluding carboxylic acids is 1. The Kier molecular flexibility index (Phi) is 3.28. The van der Waals surface area contributed by atoms with Crippen LogP contribution in [0.15, 0.2) is 84.9 Å². The lowest BCUT2D eigenvalue weighted by Crippen LogP contribution is -2.10. The van der Waals surface area contributed by atoms with Gasteiger partial charge in [0.25, 0.3) is 5.91 Å². The van der Waals surface area contributed by atoms with Crippen molar-refractivity contribution < 1.29 is 4.79 Å². The highest BCUT2D eigenvalue weighted by molar-refractivity contribution is 6.10. The molecule has 23 heavy (non-hydrogen) atoms. The molecule has 0 heterocycles. The van der Waals surface area contributed by atoms with E-state index in [0.717, 1.165) is 16.5 Å². The van der Waals surface area contributed by atoms with E-state index < -0.39 is 0 Å². The molecule has 4 aromatic carbocycles. The van der Waals surface area contributed by atoms with Gasteiger partial charge in [0, 0.05) is 11.3 Å². The van der Waals surface area contributed by atoms with Crippen LogP contribution in [0.2, 0.25) is 0 Å². The molecule has 0 saturated carbocycles. The summed E-state index contributed by atoms with van der Waals surface area (Å²) in [6.45, 7) is 0. The van der Waals surface area contributed by atoms with Crippen molar-refractivity contribution in [3.63, 3.8) is 0 Å². The average Bonchev–Trinajstić information content (AvgIpc) is 2.84. The summed E-state index contributed by atoms with van der Waals surface area (Å²) >= 11 is 0. The van der Waals surface area contributed by atoms with Crippen molar-refractivity contribution in [2.45, 2.75) is 0 Å². The molecule has 0 aliphatic heterocycles. The van der Waals surface area contributed by atoms with E-state index in [1.807, 2.05) is 60.7 Å². The van der Waals surface area contributed by atoms with Gasteiger partial charge in [-0.2, -0.15) is 0 Å². The molecule has 0 bridgehead atoms. The highest BCUT2D eigenvalue weighted by atomic mass is 16.1. The molecule has 2 nitrogen and oxygen atoms in total. The van der Waals surface area contributed by atoms with Gasteiger partial charge in [0.15, 0.2) is 0 Å². The second-order valence-electron chi connectivity index (χ2n) is 5.58. The number of benzene rings is 2. The van der Waals surface area contributed by atoms with Gasteiger partial charge in [0.2, 0.25) is 0 Å². The summed E-state index contributed by atoms with van der Waals surface area (Å²) in [5.41, 5.74) is 1.49. The number of fused-ring (bicyclic) bond motifs is 2. The summed E-state index contributed by atoms with van der Waals surface area (Å²) < 4.78 is 0. The first-order valence-corrected chi connectivity index (χ1v) is 7.58. The molecule has 4 aromatic rings. The predicted molar refractivity (Wildman–Crippen MR) is 95.8 cm³/mol. The van der Waals surface area contributed by atoms with Crippen LogP contribution in [0.25, 0.3) is 21.5 Å². The Labute approximate surface area is 134 Å². The summed E-state index contributed by atoms with van der Waals surface area (Å²) in [4.78, 5) is 12.4. The first-order chi connectivity index (χ1) is 11.3. The summed E-state index contributed by atoms with van der Waals surface area (Å²) in [7, 11) is 0. The number of para-hydroxylation sites is 1. The van der Waals surface area contributed by atoms with E-state index in [1.54, 1.807) is 0 Å². The molecule has 0 spiro atoms. The van der Waals surface area contributed by atoms with Gasteiger partial charge < -0.3 is 5.32 Å². The van der Waals surface area contributed by atoms with Crippen LogP contribution in [0.1, 0.15) is 10.4 Å². The number of rotatable bonds is 2. The van der Waals surface area contributed by atoms with Crippen LogP contribution >= 0.6 is 0 Å². The van der Waals surface area contributed by atoms with Crippen LogP contribution in [0, 0.1) is 0 Å². The first kappa shape index (κ1) is 13.5. The van der Waals surface area contributed by atoms with Gasteiger partial charge in [-0.05, 0) is 57.9 Å². The van der Waals surface area contributed by atoms with Crippen molar-refractivity contribution in [3.05, 3.63) is 90.5 Å². The van der Waals surface area contributed by atoms with E-state index >= 15 is 0 Å². The minimum Gasteiger partial charge on any atom is -0.322 e. The second kappa shape index (κ2) is 5.58. The molecule has 0 saturated heterocycles. The third-order valence-corrected chi connectivity index (χ3v) is 3.98. The van der Waals surface area contributed by atoms with Crippen LogP contribution in [-0.4, -0.2) is 5.91 Å². The van der Waals surface area contributed by atoms with Crippen LogP contribution in [0.3, 0.4) is 0 Å². The van der Waals surface area contributed by atoms with E-state index in [2.05, 4.69) is 29.6 Å². The van der Waals surface area contributed by atoms with Crippen LogP contribution < -0.4 is 5.32 Å². The maximum absolute atomic E-state index is 12.4. The molecule has 1 amide bonds. The SMILES string of the molecule is O=C(Nc1ccccc1)c1cc2cc3cccccc3cc2c1. The average molecular weight is 297 g/mol. The van der Waals surface area contributed by atoms with Crippen LogP contribution in [0.5, 0.6) is 0 Å². The van der Waals surface area contributed by atoms with E-state index in [-0.39, 0.29) is 5.91 Å². The van der Waals surface area contributed by atoms with E-state index in [1.165, 1.54) is 10.8 Å². The van der Waals surface area contributed by atoms with Gasteiger partial charge in [-0.25, -0.2) is 0 Å². The Morgan fingerprint density at radius 2 is 1.13 bits per heavy atom. The molecular formula is C21H15NO. The zero-order valence-corrected chi connectivity index (χ0v) is 12.5. The van der Waals surface area contributed by atoms with E-state index in [9.17, 15) is 4.79 Å². The minimum atomic E-state index is -0.0815. The fraction of sp³-hybridized carbons (Fsp3) is 0. The Balaban J connectivity index is 1.74. The lowest BCUT2D eigenvalue weighted by atomic mass is 10.1. The Morgan fingerprint density at radius 3 is 1.70 bits per heavy atom. The summed E-state index contributed by atoms with van der Waals surface area (Å²) in [6.07, 6.45) is 0. The van der Waals surface area contributed by atoms with Gasteiger partial charge >= 0.3 is 0 Å². The van der Waals surface area contributed by atoms with Crippen molar-refractivity contribution >= 4 is 33.1 Å². The smallest absolute Gasteiger partial charge is 0.255 e. The van der Waals surface area contributed by atoms with Crippen molar-refractivity contribution in [2.24, 2.45) is 0 Å². The number of anilines is 1. The Morgan fingerprint density at radius 1 is 0.609 bits per heavy atom. The molecule has 0 atom stereocenters. The second-order valence-corrected chi connectivity index (χ2v) is 5.58. The molecule has 0 fully saturated rings. The van der Waals surface area contributed by atoms with E-state index in [0.29, 0.717) is 5.56 Å². The van der Waals surface area contributed by atoms with Gasteiger partial charge in [-0.1, -0.05) is 48.5 Å². The molecule has 2 heteroatoms. The molecule has 0 radical (unpaired) electrons. The van der Waals surface area contributed by atoms with Crippen molar-refractivity contribution in [2.75, 3.05) is 5.32 Å². The lowest BCUT2D eigenvalue weighted by Gasteiger charge is -2.02. The van der Waals surface area contributed by atoms with E-state index in [4.69, 9.17) is 0 Å². The molecule has 4 rings (SSSR count). The Hall–Kier alpha value is -3.13. The predicted octanol–water partition coefficient (Wildman–Crippen LogP) is 5.25. The molecule has 1 N–H and O–H groups in total. The fourth-order valence-electron chi connectivity index (χ4n) is 2.82. The zero-order valence-electron chi connectivity index (χ0n) is 12.5. The number of amides is 1. The molecule has 0 unspecified atom stereocenters. The van der Waals surface area contributed by atoms with Crippen molar-refractivity contribution in [1.29, 1.82) is 0 Å². The quantitative estimate of drug-likeness (QED) is 0.538. The molecule has 0 aromatic heterocycles. The summed E-state index contributed by atoms with van der Waals surface area (Å²) in [5.74, 6) is -0.0815. The summed E-state index contributed by atoms with van der Waals surface area (Å²) in [5, 5.41) is 7.44. The third-order valence-electron chi connectivity index (χ3n) is 3.98. The van der Waals surface area contributed by atoms with Gasteiger partial charge in [-0.3, -0.25) is 4.79 Å². The minimum absolute atomic E-state index is 0.0815. The van der Waals surface area contributed by atoms with Crippen molar-refractivity contribution in [3.8, 4) is 0 Å². The van der Waals surface area contributed by atoms with Gasteiger partial charge in [0.1, 0.15) is 0 Å². The van der Waals surface area contributed by atoms with Crippen molar-refractivity contribution in [1.82, 2.24) is 0 Å². The number of hydrogen-bond donors (Lipinski definition) is 1.